The average Bonchev–Trinajstić information content (AvgIpc) is 2.67. The van der Waals surface area contributed by atoms with E-state index in [1.54, 1.807) is 5.56 Å². The Morgan fingerprint density at radius 2 is 2.12 bits per heavy atom. The van der Waals surface area contributed by atoms with Gasteiger partial charge in [-0.05, 0) is 48.8 Å². The molecule has 1 saturated carbocycles. The molecule has 2 heteroatoms. The zero-order chi connectivity index (χ0) is 11.0. The maximum Gasteiger partial charge on any atom is 0.0107 e. The number of hydrogen-bond acceptors (Lipinski definition) is 2. The first kappa shape index (κ1) is 10.7. The van der Waals surface area contributed by atoms with Gasteiger partial charge in [0.2, 0.25) is 0 Å². The SMILES string of the molecule is NCC1(CC2CSc3ccccc32)CCC1. The molecule has 86 valence electrons. The molecule has 2 aliphatic rings. The lowest BCUT2D eigenvalue weighted by Gasteiger charge is -2.43. The van der Waals surface area contributed by atoms with Crippen molar-refractivity contribution in [3.05, 3.63) is 29.8 Å². The van der Waals surface area contributed by atoms with Crippen LogP contribution in [0.2, 0.25) is 0 Å². The first-order valence-corrected chi connectivity index (χ1v) is 7.23. The van der Waals surface area contributed by atoms with Gasteiger partial charge >= 0.3 is 0 Å². The van der Waals surface area contributed by atoms with E-state index >= 15 is 0 Å². The van der Waals surface area contributed by atoms with Crippen LogP contribution in [-0.4, -0.2) is 12.3 Å². The van der Waals surface area contributed by atoms with E-state index in [-0.39, 0.29) is 0 Å². The number of nitrogens with two attached hydrogens (primary N) is 1. The van der Waals surface area contributed by atoms with Crippen LogP contribution in [0.1, 0.15) is 37.2 Å². The van der Waals surface area contributed by atoms with Gasteiger partial charge in [-0.2, -0.15) is 0 Å². The van der Waals surface area contributed by atoms with Gasteiger partial charge in [0.05, 0.1) is 0 Å². The molecular formula is C14H19NS. The monoisotopic (exact) mass is 233 g/mol. The van der Waals surface area contributed by atoms with Crippen molar-refractivity contribution in [2.75, 3.05) is 12.3 Å². The van der Waals surface area contributed by atoms with Crippen LogP contribution in [-0.2, 0) is 0 Å². The normalized spacial score (nSPS) is 26.2. The number of fused-ring (bicyclic) bond motifs is 1. The smallest absolute Gasteiger partial charge is 0.0107 e. The molecule has 16 heavy (non-hydrogen) atoms. The topological polar surface area (TPSA) is 26.0 Å². The maximum absolute atomic E-state index is 5.96. The largest absolute Gasteiger partial charge is 0.330 e. The summed E-state index contributed by atoms with van der Waals surface area (Å²) < 4.78 is 0. The van der Waals surface area contributed by atoms with Crippen LogP contribution in [0.15, 0.2) is 29.2 Å². The number of benzene rings is 1. The van der Waals surface area contributed by atoms with Crippen molar-refractivity contribution >= 4 is 11.8 Å². The molecule has 1 unspecified atom stereocenters. The molecule has 0 bridgehead atoms. The molecule has 1 aromatic rings. The molecule has 1 aromatic carbocycles. The Morgan fingerprint density at radius 1 is 1.31 bits per heavy atom. The maximum atomic E-state index is 5.96. The molecule has 3 rings (SSSR count). The quantitative estimate of drug-likeness (QED) is 0.866. The van der Waals surface area contributed by atoms with Crippen molar-refractivity contribution in [3.8, 4) is 0 Å². The fraction of sp³-hybridized carbons (Fsp3) is 0.571. The van der Waals surface area contributed by atoms with Crippen LogP contribution in [0.3, 0.4) is 0 Å². The fourth-order valence-corrected chi connectivity index (χ4v) is 4.34. The lowest BCUT2D eigenvalue weighted by molar-refractivity contribution is 0.122. The second kappa shape index (κ2) is 4.08. The lowest BCUT2D eigenvalue weighted by atomic mass is 9.64. The molecule has 0 amide bonds. The van der Waals surface area contributed by atoms with Gasteiger partial charge in [0, 0.05) is 10.6 Å². The molecule has 0 spiro atoms. The van der Waals surface area contributed by atoms with Gasteiger partial charge in [0.15, 0.2) is 0 Å². The van der Waals surface area contributed by atoms with Crippen molar-refractivity contribution in [1.82, 2.24) is 0 Å². The zero-order valence-electron chi connectivity index (χ0n) is 9.61. The van der Waals surface area contributed by atoms with E-state index < -0.39 is 0 Å². The highest BCUT2D eigenvalue weighted by molar-refractivity contribution is 7.99. The molecular weight excluding hydrogens is 214 g/mol. The van der Waals surface area contributed by atoms with Crippen LogP contribution in [0, 0.1) is 5.41 Å². The zero-order valence-corrected chi connectivity index (χ0v) is 10.4. The molecule has 1 aliphatic carbocycles. The van der Waals surface area contributed by atoms with E-state index in [2.05, 4.69) is 24.3 Å². The van der Waals surface area contributed by atoms with Crippen LogP contribution in [0.25, 0.3) is 0 Å². The summed E-state index contributed by atoms with van der Waals surface area (Å²) in [6.07, 6.45) is 5.41. The summed E-state index contributed by atoms with van der Waals surface area (Å²) in [5, 5.41) is 0. The summed E-state index contributed by atoms with van der Waals surface area (Å²) >= 11 is 2.02. The minimum atomic E-state index is 0.489. The Morgan fingerprint density at radius 3 is 2.81 bits per heavy atom. The van der Waals surface area contributed by atoms with E-state index in [9.17, 15) is 0 Å². The molecule has 1 heterocycles. The Labute approximate surface area is 102 Å². The standard InChI is InChI=1S/C14H19NS/c15-10-14(6-3-7-14)8-11-9-16-13-5-2-1-4-12(11)13/h1-2,4-5,11H,3,6-10,15H2. The van der Waals surface area contributed by atoms with E-state index in [4.69, 9.17) is 5.73 Å². The molecule has 1 fully saturated rings. The molecule has 0 saturated heterocycles. The number of thioether (sulfide) groups is 1. The molecule has 0 radical (unpaired) electrons. The summed E-state index contributed by atoms with van der Waals surface area (Å²) in [7, 11) is 0. The predicted octanol–water partition coefficient (Wildman–Crippen LogP) is 3.40. The third-order valence-corrected chi connectivity index (χ3v) is 5.58. The number of hydrogen-bond donors (Lipinski definition) is 1. The van der Waals surface area contributed by atoms with Crippen LogP contribution in [0.4, 0.5) is 0 Å². The van der Waals surface area contributed by atoms with Gasteiger partial charge in [-0.15, -0.1) is 11.8 Å². The third kappa shape index (κ3) is 1.68. The highest BCUT2D eigenvalue weighted by atomic mass is 32.2. The third-order valence-electron chi connectivity index (χ3n) is 4.33. The minimum absolute atomic E-state index is 0.489. The average molecular weight is 233 g/mol. The first-order chi connectivity index (χ1) is 7.83. The Balaban J connectivity index is 1.78. The minimum Gasteiger partial charge on any atom is -0.330 e. The molecule has 1 atom stereocenters. The summed E-state index contributed by atoms with van der Waals surface area (Å²) in [5.41, 5.74) is 8.02. The Bertz CT molecular complexity index is 379. The predicted molar refractivity (Wildman–Crippen MR) is 69.9 cm³/mol. The molecule has 2 N–H and O–H groups in total. The van der Waals surface area contributed by atoms with Gasteiger partial charge in [-0.3, -0.25) is 0 Å². The van der Waals surface area contributed by atoms with E-state index in [1.807, 2.05) is 11.8 Å². The summed E-state index contributed by atoms with van der Waals surface area (Å²) in [4.78, 5) is 1.50. The second-order valence-corrected chi connectivity index (χ2v) is 6.37. The van der Waals surface area contributed by atoms with Gasteiger partial charge in [0.1, 0.15) is 0 Å². The highest BCUT2D eigenvalue weighted by Crippen LogP contribution is 2.51. The molecule has 1 aliphatic heterocycles. The highest BCUT2D eigenvalue weighted by Gasteiger charge is 2.39. The number of rotatable bonds is 3. The summed E-state index contributed by atoms with van der Waals surface area (Å²) in [6, 6.07) is 8.89. The van der Waals surface area contributed by atoms with Crippen LogP contribution >= 0.6 is 11.8 Å². The van der Waals surface area contributed by atoms with Crippen molar-refractivity contribution < 1.29 is 0 Å². The van der Waals surface area contributed by atoms with Crippen molar-refractivity contribution in [2.24, 2.45) is 11.1 Å². The van der Waals surface area contributed by atoms with Crippen molar-refractivity contribution in [2.45, 2.75) is 36.5 Å². The van der Waals surface area contributed by atoms with Gasteiger partial charge in [-0.1, -0.05) is 24.6 Å². The van der Waals surface area contributed by atoms with E-state index in [1.165, 1.54) is 36.3 Å². The second-order valence-electron chi connectivity index (χ2n) is 5.31. The summed E-state index contributed by atoms with van der Waals surface area (Å²) in [6.45, 7) is 0.885. The Hall–Kier alpha value is -0.470. The van der Waals surface area contributed by atoms with Crippen LogP contribution < -0.4 is 5.73 Å². The van der Waals surface area contributed by atoms with Gasteiger partial charge < -0.3 is 5.73 Å². The van der Waals surface area contributed by atoms with Gasteiger partial charge in [0.25, 0.3) is 0 Å². The van der Waals surface area contributed by atoms with Crippen molar-refractivity contribution in [3.63, 3.8) is 0 Å². The van der Waals surface area contributed by atoms with E-state index in [0.29, 0.717) is 5.41 Å². The molecule has 0 aromatic heterocycles. The van der Waals surface area contributed by atoms with Crippen molar-refractivity contribution in [1.29, 1.82) is 0 Å². The van der Waals surface area contributed by atoms with Gasteiger partial charge in [-0.25, -0.2) is 0 Å². The molecule has 1 nitrogen and oxygen atoms in total. The fourth-order valence-electron chi connectivity index (χ4n) is 3.09. The van der Waals surface area contributed by atoms with Crippen LogP contribution in [0.5, 0.6) is 0 Å². The lowest BCUT2D eigenvalue weighted by Crippen LogP contribution is -2.38. The summed E-state index contributed by atoms with van der Waals surface area (Å²) in [5.74, 6) is 2.02. The van der Waals surface area contributed by atoms with E-state index in [0.717, 1.165) is 12.5 Å². The first-order valence-electron chi connectivity index (χ1n) is 6.25. The Kier molecular flexibility index (Phi) is 2.72.